The van der Waals surface area contributed by atoms with Gasteiger partial charge in [0, 0.05) is 16.9 Å². The van der Waals surface area contributed by atoms with Crippen molar-refractivity contribution in [3.63, 3.8) is 0 Å². The van der Waals surface area contributed by atoms with Crippen molar-refractivity contribution in [2.75, 3.05) is 0 Å². The minimum atomic E-state index is -0.422. The fourth-order valence-corrected chi connectivity index (χ4v) is 3.25. The van der Waals surface area contributed by atoms with Crippen molar-refractivity contribution >= 4 is 41.3 Å². The summed E-state index contributed by atoms with van der Waals surface area (Å²) in [6, 6.07) is 7.61. The van der Waals surface area contributed by atoms with Crippen molar-refractivity contribution in [1.82, 2.24) is 10.3 Å². The molecule has 1 amide bonds. The number of carbonyl (C=O) groups is 1. The maximum atomic E-state index is 12.5. The van der Waals surface area contributed by atoms with Crippen LogP contribution in [-0.4, -0.2) is 10.9 Å². The van der Waals surface area contributed by atoms with Gasteiger partial charge in [-0.2, -0.15) is 0 Å². The smallest absolute Gasteiger partial charge is 0.271 e. The number of amides is 1. The summed E-state index contributed by atoms with van der Waals surface area (Å²) in [5, 5.41) is 6.33. The van der Waals surface area contributed by atoms with Crippen molar-refractivity contribution in [3.8, 4) is 0 Å². The zero-order valence-electron chi connectivity index (χ0n) is 13.1. The van der Waals surface area contributed by atoms with Crippen LogP contribution in [0.5, 0.6) is 0 Å². The molecule has 0 saturated heterocycles. The number of rotatable bonds is 6. The Labute approximate surface area is 151 Å². The van der Waals surface area contributed by atoms with Crippen molar-refractivity contribution in [2.45, 2.75) is 38.8 Å². The van der Waals surface area contributed by atoms with Crippen LogP contribution in [0.25, 0.3) is 0 Å². The third-order valence-corrected chi connectivity index (χ3v) is 5.04. The topological polar surface area (TPSA) is 68.0 Å². The van der Waals surface area contributed by atoms with Gasteiger partial charge in [0.15, 0.2) is 0 Å². The second-order valence-electron chi connectivity index (χ2n) is 5.08. The van der Waals surface area contributed by atoms with E-state index in [0.717, 1.165) is 23.4 Å². The molecule has 2 rings (SSSR count). The normalized spacial score (nSPS) is 11.0. The Bertz CT molecular complexity index is 639. The molecule has 1 aromatic carbocycles. The fourth-order valence-electron chi connectivity index (χ4n) is 2.47. The molecule has 0 aliphatic heterocycles. The van der Waals surface area contributed by atoms with E-state index >= 15 is 0 Å². The summed E-state index contributed by atoms with van der Waals surface area (Å²) < 4.78 is 0. The van der Waals surface area contributed by atoms with E-state index in [1.165, 1.54) is 11.3 Å². The molecule has 126 valence electrons. The molecular formula is C16H21Cl2N3OS. The van der Waals surface area contributed by atoms with Gasteiger partial charge in [0.2, 0.25) is 0 Å². The molecule has 1 aromatic heterocycles. The van der Waals surface area contributed by atoms with Gasteiger partial charge in [-0.05, 0) is 30.5 Å². The Balaban J connectivity index is 0.00000264. The van der Waals surface area contributed by atoms with Crippen LogP contribution >= 0.6 is 35.3 Å². The maximum Gasteiger partial charge on any atom is 0.271 e. The maximum absolute atomic E-state index is 12.5. The highest BCUT2D eigenvalue weighted by atomic mass is 35.5. The van der Waals surface area contributed by atoms with Crippen molar-refractivity contribution in [3.05, 3.63) is 50.9 Å². The van der Waals surface area contributed by atoms with Gasteiger partial charge in [0.25, 0.3) is 5.91 Å². The highest BCUT2D eigenvalue weighted by molar-refractivity contribution is 7.09. The van der Waals surface area contributed by atoms with Crippen LogP contribution in [0.2, 0.25) is 5.02 Å². The molecular weight excluding hydrogens is 353 g/mol. The second kappa shape index (κ2) is 8.64. The zero-order chi connectivity index (χ0) is 16.2. The highest BCUT2D eigenvalue weighted by Crippen LogP contribution is 2.30. The lowest BCUT2D eigenvalue weighted by Crippen LogP contribution is -2.45. The molecule has 0 fully saturated rings. The molecule has 4 nitrogen and oxygen atoms in total. The largest absolute Gasteiger partial charge is 0.341 e. The number of nitrogens with one attached hydrogen (secondary N) is 1. The summed E-state index contributed by atoms with van der Waals surface area (Å²) in [5.41, 5.74) is 6.60. The van der Waals surface area contributed by atoms with E-state index in [2.05, 4.69) is 24.1 Å². The number of carbonyl (C=O) groups excluding carboxylic acids is 1. The van der Waals surface area contributed by atoms with E-state index in [9.17, 15) is 4.79 Å². The van der Waals surface area contributed by atoms with E-state index in [1.54, 1.807) is 5.38 Å². The number of hydrogen-bond acceptors (Lipinski definition) is 4. The van der Waals surface area contributed by atoms with E-state index in [-0.39, 0.29) is 18.3 Å². The quantitative estimate of drug-likeness (QED) is 0.799. The average Bonchev–Trinajstić information content (AvgIpc) is 3.02. The Morgan fingerprint density at radius 3 is 2.39 bits per heavy atom. The van der Waals surface area contributed by atoms with E-state index in [4.69, 9.17) is 17.3 Å². The van der Waals surface area contributed by atoms with Crippen molar-refractivity contribution in [2.24, 2.45) is 5.73 Å². The number of thiazole rings is 1. The number of hydrogen-bond donors (Lipinski definition) is 2. The summed E-state index contributed by atoms with van der Waals surface area (Å²) in [5.74, 6) is -0.172. The van der Waals surface area contributed by atoms with Crippen LogP contribution in [0, 0.1) is 0 Å². The van der Waals surface area contributed by atoms with Gasteiger partial charge in [-0.15, -0.1) is 23.7 Å². The predicted octanol–water partition coefficient (Wildman–Crippen LogP) is 4.12. The van der Waals surface area contributed by atoms with E-state index < -0.39 is 5.54 Å². The molecule has 7 heteroatoms. The molecule has 0 spiro atoms. The number of aromatic nitrogens is 1. The van der Waals surface area contributed by atoms with Gasteiger partial charge in [-0.3, -0.25) is 4.79 Å². The predicted molar refractivity (Wildman–Crippen MR) is 98.4 cm³/mol. The minimum absolute atomic E-state index is 0. The first-order valence-corrected chi connectivity index (χ1v) is 8.53. The summed E-state index contributed by atoms with van der Waals surface area (Å²) in [6.45, 7) is 4.47. The third kappa shape index (κ3) is 4.44. The first-order valence-electron chi connectivity index (χ1n) is 7.27. The van der Waals surface area contributed by atoms with Gasteiger partial charge in [0.1, 0.15) is 10.7 Å². The van der Waals surface area contributed by atoms with E-state index in [1.807, 2.05) is 24.3 Å². The van der Waals surface area contributed by atoms with Crippen LogP contribution in [0.4, 0.5) is 0 Å². The molecule has 1 heterocycles. The minimum Gasteiger partial charge on any atom is -0.341 e. The summed E-state index contributed by atoms with van der Waals surface area (Å²) in [4.78, 5) is 16.8. The third-order valence-electron chi connectivity index (χ3n) is 3.92. The summed E-state index contributed by atoms with van der Waals surface area (Å²) in [7, 11) is 0. The Kier molecular flexibility index (Phi) is 7.48. The van der Waals surface area contributed by atoms with Crippen LogP contribution in [0.3, 0.4) is 0 Å². The molecule has 0 radical (unpaired) electrons. The molecule has 0 aliphatic carbocycles. The molecule has 0 aliphatic rings. The first-order chi connectivity index (χ1) is 10.5. The van der Waals surface area contributed by atoms with Gasteiger partial charge in [-0.1, -0.05) is 37.6 Å². The molecule has 0 unspecified atom stereocenters. The molecule has 3 N–H and O–H groups in total. The van der Waals surface area contributed by atoms with Gasteiger partial charge >= 0.3 is 0 Å². The Morgan fingerprint density at radius 1 is 1.30 bits per heavy atom. The van der Waals surface area contributed by atoms with Crippen molar-refractivity contribution in [1.29, 1.82) is 0 Å². The second-order valence-corrected chi connectivity index (χ2v) is 6.46. The lowest BCUT2D eigenvalue weighted by atomic mass is 9.84. The fraction of sp³-hybridized carbons (Fsp3) is 0.375. The Hall–Kier alpha value is -1.14. The molecule has 2 aromatic rings. The molecule has 23 heavy (non-hydrogen) atoms. The van der Waals surface area contributed by atoms with Gasteiger partial charge in [-0.25, -0.2) is 4.98 Å². The van der Waals surface area contributed by atoms with Crippen molar-refractivity contribution < 1.29 is 4.79 Å². The number of nitrogens with zero attached hydrogens (tertiary/aromatic N) is 1. The standard InChI is InChI=1S/C16H20ClN3OS.ClH/c1-3-16(4-2,11-5-7-12(17)8-6-11)20-15(21)13-10-22-14(9-18)19-13;/h5-8,10H,3-4,9,18H2,1-2H3,(H,20,21);1H. The van der Waals surface area contributed by atoms with Crippen LogP contribution < -0.4 is 11.1 Å². The van der Waals surface area contributed by atoms with Crippen LogP contribution in [0.15, 0.2) is 29.6 Å². The SMILES string of the molecule is CCC(CC)(NC(=O)c1csc(CN)n1)c1ccc(Cl)cc1.Cl. The number of nitrogens with two attached hydrogens (primary N) is 1. The number of halogens is 2. The molecule has 0 atom stereocenters. The lowest BCUT2D eigenvalue weighted by molar-refractivity contribution is 0.0885. The van der Waals surface area contributed by atoms with E-state index in [0.29, 0.717) is 17.3 Å². The number of benzene rings is 1. The molecule has 0 saturated carbocycles. The zero-order valence-corrected chi connectivity index (χ0v) is 15.5. The highest BCUT2D eigenvalue weighted by Gasteiger charge is 2.31. The average molecular weight is 374 g/mol. The summed E-state index contributed by atoms with van der Waals surface area (Å²) in [6.07, 6.45) is 1.56. The van der Waals surface area contributed by atoms with Crippen LogP contribution in [0.1, 0.15) is 47.7 Å². The lowest BCUT2D eigenvalue weighted by Gasteiger charge is -2.33. The summed E-state index contributed by atoms with van der Waals surface area (Å²) >= 11 is 7.36. The van der Waals surface area contributed by atoms with Crippen LogP contribution in [-0.2, 0) is 12.1 Å². The molecule has 0 bridgehead atoms. The first kappa shape index (κ1) is 19.9. The monoisotopic (exact) mass is 373 g/mol. The Morgan fingerprint density at radius 2 is 1.91 bits per heavy atom. The van der Waals surface area contributed by atoms with Gasteiger partial charge in [0.05, 0.1) is 5.54 Å². The van der Waals surface area contributed by atoms with Gasteiger partial charge < -0.3 is 11.1 Å².